The Labute approximate surface area is 276 Å². The summed E-state index contributed by atoms with van der Waals surface area (Å²) in [5, 5.41) is 9.44. The Balaban J connectivity index is 1.48. The average Bonchev–Trinajstić information content (AvgIpc) is 3.10. The fourth-order valence-corrected chi connectivity index (χ4v) is 6.26. The van der Waals surface area contributed by atoms with Gasteiger partial charge in [-0.2, -0.15) is 5.26 Å². The number of hydrogen-bond donors (Lipinski definition) is 0. The van der Waals surface area contributed by atoms with Crippen molar-refractivity contribution in [3.05, 3.63) is 137 Å². The Morgan fingerprint density at radius 1 is 0.630 bits per heavy atom. The summed E-state index contributed by atoms with van der Waals surface area (Å²) in [5.74, 6) is -0.125. The minimum Gasteiger partial charge on any atom is -0.488 e. The van der Waals surface area contributed by atoms with Gasteiger partial charge in [-0.25, -0.2) is 4.39 Å². The van der Waals surface area contributed by atoms with Gasteiger partial charge in [-0.1, -0.05) is 169 Å². The molecule has 0 saturated carbocycles. The summed E-state index contributed by atoms with van der Waals surface area (Å²) in [7, 11) is 0. The highest BCUT2D eigenvalue weighted by Gasteiger charge is 2.38. The first-order valence-corrected chi connectivity index (χ1v) is 17.3. The zero-order valence-corrected chi connectivity index (χ0v) is 27.5. The first-order valence-electron chi connectivity index (χ1n) is 17.3. The minimum atomic E-state index is -0.873. The molecule has 0 radical (unpaired) electrons. The molecule has 0 fully saturated rings. The van der Waals surface area contributed by atoms with Gasteiger partial charge in [-0.3, -0.25) is 0 Å². The lowest BCUT2D eigenvalue weighted by molar-refractivity contribution is -0.0330. The standard InChI is InChI=1S/C42H50FNO2/c1-2-3-4-5-6-7-8-9-10-11-12-22-29-40(46-41-31-35(33-44)30-39(43)32-41)34-45-42(36-23-16-13-17-24-36,37-25-18-14-19-26-37)38-27-20-15-21-28-38/h13-21,23-28,30-32,40H,2-12,22,29,34H2,1H3. The fourth-order valence-electron chi connectivity index (χ4n) is 6.26. The van der Waals surface area contributed by atoms with Crippen LogP contribution in [0.2, 0.25) is 0 Å². The van der Waals surface area contributed by atoms with E-state index in [9.17, 15) is 9.65 Å². The summed E-state index contributed by atoms with van der Waals surface area (Å²) in [5.41, 5.74) is 2.44. The summed E-state index contributed by atoms with van der Waals surface area (Å²) >= 11 is 0. The molecule has 0 spiro atoms. The maximum absolute atomic E-state index is 14.4. The van der Waals surface area contributed by atoms with E-state index in [-0.39, 0.29) is 18.3 Å². The molecular formula is C42H50FNO2. The monoisotopic (exact) mass is 619 g/mol. The van der Waals surface area contributed by atoms with Crippen LogP contribution in [0.5, 0.6) is 5.75 Å². The van der Waals surface area contributed by atoms with Crippen molar-refractivity contribution in [3.63, 3.8) is 0 Å². The Hall–Kier alpha value is -3.94. The molecule has 3 nitrogen and oxygen atoms in total. The maximum Gasteiger partial charge on any atom is 0.143 e. The number of nitriles is 1. The number of nitrogens with zero attached hydrogens (tertiary/aromatic N) is 1. The largest absolute Gasteiger partial charge is 0.488 e. The molecule has 1 atom stereocenters. The van der Waals surface area contributed by atoms with Crippen LogP contribution in [-0.2, 0) is 10.3 Å². The molecule has 46 heavy (non-hydrogen) atoms. The van der Waals surface area contributed by atoms with Crippen molar-refractivity contribution < 1.29 is 13.9 Å². The van der Waals surface area contributed by atoms with Gasteiger partial charge >= 0.3 is 0 Å². The van der Waals surface area contributed by atoms with Gasteiger partial charge in [0.05, 0.1) is 18.2 Å². The number of hydrogen-bond acceptors (Lipinski definition) is 3. The molecule has 242 valence electrons. The van der Waals surface area contributed by atoms with Gasteiger partial charge in [0.15, 0.2) is 0 Å². The van der Waals surface area contributed by atoms with Crippen molar-refractivity contribution in [2.24, 2.45) is 0 Å². The van der Waals surface area contributed by atoms with Crippen molar-refractivity contribution in [2.45, 2.75) is 102 Å². The van der Waals surface area contributed by atoms with Gasteiger partial charge in [0, 0.05) is 6.07 Å². The van der Waals surface area contributed by atoms with Crippen molar-refractivity contribution in [1.29, 1.82) is 5.26 Å². The highest BCUT2D eigenvalue weighted by molar-refractivity contribution is 5.47. The zero-order chi connectivity index (χ0) is 32.3. The second-order valence-corrected chi connectivity index (χ2v) is 12.3. The van der Waals surface area contributed by atoms with E-state index >= 15 is 0 Å². The van der Waals surface area contributed by atoms with E-state index in [2.05, 4.69) is 43.3 Å². The lowest BCUT2D eigenvalue weighted by Gasteiger charge is -2.37. The molecule has 0 aliphatic rings. The zero-order valence-electron chi connectivity index (χ0n) is 27.5. The molecule has 4 heteroatoms. The van der Waals surface area contributed by atoms with E-state index in [0.717, 1.165) is 36.0 Å². The second kappa shape index (κ2) is 19.5. The number of rotatable bonds is 21. The molecule has 0 heterocycles. The van der Waals surface area contributed by atoms with Gasteiger partial charge < -0.3 is 9.47 Å². The van der Waals surface area contributed by atoms with Crippen LogP contribution < -0.4 is 4.74 Å². The van der Waals surface area contributed by atoms with Crippen LogP contribution in [0, 0.1) is 17.1 Å². The Bertz CT molecular complexity index is 1340. The molecule has 0 aromatic heterocycles. The maximum atomic E-state index is 14.4. The van der Waals surface area contributed by atoms with Crippen LogP contribution in [-0.4, -0.2) is 12.7 Å². The number of halogens is 1. The Morgan fingerprint density at radius 2 is 1.09 bits per heavy atom. The summed E-state index contributed by atoms with van der Waals surface area (Å²) in [6, 6.07) is 37.1. The van der Waals surface area contributed by atoms with Crippen molar-refractivity contribution in [3.8, 4) is 11.8 Å². The molecule has 0 saturated heterocycles. The fraction of sp³-hybridized carbons (Fsp3) is 0.405. The van der Waals surface area contributed by atoms with Crippen LogP contribution in [0.1, 0.15) is 113 Å². The molecule has 0 amide bonds. The van der Waals surface area contributed by atoms with E-state index < -0.39 is 11.4 Å². The van der Waals surface area contributed by atoms with E-state index in [0.29, 0.717) is 5.75 Å². The molecule has 1 unspecified atom stereocenters. The number of unbranched alkanes of at least 4 members (excludes halogenated alkanes) is 11. The molecule has 0 N–H and O–H groups in total. The highest BCUT2D eigenvalue weighted by atomic mass is 19.1. The van der Waals surface area contributed by atoms with Crippen molar-refractivity contribution in [1.82, 2.24) is 0 Å². The molecule has 4 aromatic rings. The topological polar surface area (TPSA) is 42.2 Å². The second-order valence-electron chi connectivity index (χ2n) is 12.3. The number of ether oxygens (including phenoxy) is 2. The molecule has 0 bridgehead atoms. The van der Waals surface area contributed by atoms with E-state index in [1.807, 2.05) is 60.7 Å². The first-order chi connectivity index (χ1) is 22.7. The van der Waals surface area contributed by atoms with E-state index in [4.69, 9.17) is 9.47 Å². The third kappa shape index (κ3) is 10.6. The Kier molecular flexibility index (Phi) is 14.8. The normalized spacial score (nSPS) is 12.0. The predicted molar refractivity (Wildman–Crippen MR) is 186 cm³/mol. The van der Waals surface area contributed by atoms with Crippen LogP contribution in [0.15, 0.2) is 109 Å². The lowest BCUT2D eigenvalue weighted by Crippen LogP contribution is -2.37. The molecule has 4 aromatic carbocycles. The average molecular weight is 620 g/mol. The molecule has 0 aliphatic heterocycles. The summed E-state index contributed by atoms with van der Waals surface area (Å²) in [4.78, 5) is 0. The molecule has 0 aliphatic carbocycles. The third-order valence-corrected chi connectivity index (χ3v) is 8.71. The van der Waals surface area contributed by atoms with Gasteiger partial charge in [0.2, 0.25) is 0 Å². The Morgan fingerprint density at radius 3 is 1.54 bits per heavy atom. The minimum absolute atomic E-state index is 0.243. The lowest BCUT2D eigenvalue weighted by atomic mass is 9.80. The summed E-state index contributed by atoms with van der Waals surface area (Å²) < 4.78 is 27.9. The van der Waals surface area contributed by atoms with Crippen LogP contribution >= 0.6 is 0 Å². The highest BCUT2D eigenvalue weighted by Crippen LogP contribution is 2.41. The van der Waals surface area contributed by atoms with Crippen LogP contribution in [0.4, 0.5) is 4.39 Å². The van der Waals surface area contributed by atoms with Crippen LogP contribution in [0.25, 0.3) is 0 Å². The SMILES string of the molecule is CCCCCCCCCCCCCCC(COC(c1ccccc1)(c1ccccc1)c1ccccc1)Oc1cc(F)cc(C#N)c1. The summed E-state index contributed by atoms with van der Waals surface area (Å²) in [6.07, 6.45) is 15.7. The predicted octanol–water partition coefficient (Wildman–Crippen LogP) is 11.5. The molecule has 4 rings (SSSR count). The van der Waals surface area contributed by atoms with Gasteiger partial charge in [0.25, 0.3) is 0 Å². The van der Waals surface area contributed by atoms with Crippen molar-refractivity contribution in [2.75, 3.05) is 6.61 Å². The van der Waals surface area contributed by atoms with Gasteiger partial charge in [0.1, 0.15) is 23.3 Å². The summed E-state index contributed by atoms with van der Waals surface area (Å²) in [6.45, 7) is 2.55. The van der Waals surface area contributed by atoms with E-state index in [1.54, 1.807) is 6.07 Å². The van der Waals surface area contributed by atoms with Gasteiger partial charge in [-0.05, 0) is 41.7 Å². The quantitative estimate of drug-likeness (QED) is 0.0688. The van der Waals surface area contributed by atoms with Crippen LogP contribution in [0.3, 0.4) is 0 Å². The number of benzene rings is 4. The smallest absolute Gasteiger partial charge is 0.143 e. The van der Waals surface area contributed by atoms with Gasteiger partial charge in [-0.15, -0.1) is 0 Å². The first kappa shape index (κ1) is 34.9. The van der Waals surface area contributed by atoms with Crippen molar-refractivity contribution >= 4 is 0 Å². The van der Waals surface area contributed by atoms with E-state index in [1.165, 1.54) is 76.3 Å². The third-order valence-electron chi connectivity index (χ3n) is 8.71. The molecular weight excluding hydrogens is 569 g/mol.